The minimum atomic E-state index is -3.79. The predicted octanol–water partition coefficient (Wildman–Crippen LogP) is 1.76. The minimum absolute atomic E-state index is 0. The topological polar surface area (TPSA) is 69.6 Å². The molecule has 88 valence electrons. The fraction of sp³-hybridized carbons (Fsp3) is 1.00. The fourth-order valence-electron chi connectivity index (χ4n) is 1.03. The molecule has 0 radical (unpaired) electrons. The van der Waals surface area contributed by atoms with Crippen molar-refractivity contribution in [2.75, 3.05) is 19.3 Å². The molecule has 4 nitrogen and oxygen atoms in total. The number of halogens is 1. The van der Waals surface area contributed by atoms with Gasteiger partial charge in [-0.2, -0.15) is 0 Å². The predicted molar refractivity (Wildman–Crippen MR) is 61.2 cm³/mol. The normalized spacial score (nSPS) is 11.1. The molecule has 0 saturated heterocycles. The van der Waals surface area contributed by atoms with Gasteiger partial charge in [0.15, 0.2) is 0 Å². The third-order valence-electron chi connectivity index (χ3n) is 1.79. The number of hydrogen-bond donors (Lipinski definition) is 3. The molecule has 3 N–H and O–H groups in total. The molecule has 0 aliphatic rings. The molecule has 0 bridgehead atoms. The molecule has 0 aromatic heterocycles. The van der Waals surface area contributed by atoms with Gasteiger partial charge in [0.05, 0.1) is 6.16 Å². The number of unbranched alkanes of at least 4 members (excludes halogenated alkanes) is 3. The standard InChI is InChI=1S/C8H20NO3P.ClH/c1-2-3-4-5-6-9-7-8-13(10,11)12;/h9H,2-8H2,1H3,(H2,10,11,12);1H. The summed E-state index contributed by atoms with van der Waals surface area (Å²) in [5.41, 5.74) is 0. The molecule has 0 aromatic rings. The monoisotopic (exact) mass is 245 g/mol. The summed E-state index contributed by atoms with van der Waals surface area (Å²) in [6.07, 6.45) is 4.68. The van der Waals surface area contributed by atoms with Crippen molar-refractivity contribution >= 4 is 20.0 Å². The highest BCUT2D eigenvalue weighted by Crippen LogP contribution is 2.32. The van der Waals surface area contributed by atoms with Gasteiger partial charge >= 0.3 is 7.60 Å². The zero-order valence-corrected chi connectivity index (χ0v) is 10.3. The molecule has 0 aliphatic carbocycles. The lowest BCUT2D eigenvalue weighted by Gasteiger charge is -2.05. The van der Waals surface area contributed by atoms with Crippen molar-refractivity contribution in [2.45, 2.75) is 32.6 Å². The van der Waals surface area contributed by atoms with E-state index < -0.39 is 7.60 Å². The van der Waals surface area contributed by atoms with E-state index in [4.69, 9.17) is 9.79 Å². The molecule has 0 atom stereocenters. The Bertz CT molecular complexity index is 163. The van der Waals surface area contributed by atoms with Crippen molar-refractivity contribution in [1.82, 2.24) is 5.32 Å². The summed E-state index contributed by atoms with van der Waals surface area (Å²) < 4.78 is 10.4. The van der Waals surface area contributed by atoms with Gasteiger partial charge < -0.3 is 15.1 Å². The van der Waals surface area contributed by atoms with Gasteiger partial charge in [0.1, 0.15) is 0 Å². The van der Waals surface area contributed by atoms with Crippen molar-refractivity contribution in [1.29, 1.82) is 0 Å². The van der Waals surface area contributed by atoms with Crippen LogP contribution in [-0.4, -0.2) is 29.0 Å². The highest BCUT2D eigenvalue weighted by Gasteiger charge is 2.10. The second kappa shape index (κ2) is 9.94. The quantitative estimate of drug-likeness (QED) is 0.450. The molecular formula is C8H21ClNO3P. The van der Waals surface area contributed by atoms with Gasteiger partial charge in [-0.25, -0.2) is 0 Å². The first-order valence-electron chi connectivity index (χ1n) is 4.81. The summed E-state index contributed by atoms with van der Waals surface area (Å²) in [7, 11) is -3.79. The highest BCUT2D eigenvalue weighted by molar-refractivity contribution is 7.51. The van der Waals surface area contributed by atoms with E-state index in [0.717, 1.165) is 13.0 Å². The van der Waals surface area contributed by atoms with Crippen LogP contribution >= 0.6 is 20.0 Å². The van der Waals surface area contributed by atoms with Crippen LogP contribution in [0.15, 0.2) is 0 Å². The average Bonchev–Trinajstić information content (AvgIpc) is 2.01. The Balaban J connectivity index is 0. The van der Waals surface area contributed by atoms with Gasteiger partial charge in [0.25, 0.3) is 0 Å². The average molecular weight is 246 g/mol. The van der Waals surface area contributed by atoms with Crippen LogP contribution in [0.1, 0.15) is 32.6 Å². The third-order valence-corrected chi connectivity index (χ3v) is 2.59. The largest absolute Gasteiger partial charge is 0.326 e. The van der Waals surface area contributed by atoms with E-state index in [0.29, 0.717) is 6.54 Å². The van der Waals surface area contributed by atoms with E-state index in [1.165, 1.54) is 19.3 Å². The Morgan fingerprint density at radius 2 is 1.79 bits per heavy atom. The molecule has 0 fully saturated rings. The lowest BCUT2D eigenvalue weighted by Crippen LogP contribution is -2.19. The van der Waals surface area contributed by atoms with E-state index in [1.54, 1.807) is 0 Å². The first kappa shape index (κ1) is 16.8. The smallest absolute Gasteiger partial charge is 0.324 e. The Kier molecular flexibility index (Phi) is 11.9. The van der Waals surface area contributed by atoms with Crippen molar-refractivity contribution in [3.05, 3.63) is 0 Å². The zero-order chi connectivity index (χ0) is 10.2. The van der Waals surface area contributed by atoms with Gasteiger partial charge in [-0.3, -0.25) is 4.57 Å². The summed E-state index contributed by atoms with van der Waals surface area (Å²) in [6.45, 7) is 3.43. The van der Waals surface area contributed by atoms with Gasteiger partial charge in [0.2, 0.25) is 0 Å². The van der Waals surface area contributed by atoms with Crippen molar-refractivity contribution in [2.24, 2.45) is 0 Å². The third kappa shape index (κ3) is 14.9. The number of nitrogens with one attached hydrogen (secondary N) is 1. The Morgan fingerprint density at radius 3 is 2.29 bits per heavy atom. The summed E-state index contributed by atoms with van der Waals surface area (Å²) in [5, 5.41) is 3.01. The summed E-state index contributed by atoms with van der Waals surface area (Å²) >= 11 is 0. The van der Waals surface area contributed by atoms with Crippen LogP contribution in [-0.2, 0) is 4.57 Å². The van der Waals surface area contributed by atoms with Crippen LogP contribution in [0.5, 0.6) is 0 Å². The molecule has 0 aromatic carbocycles. The van der Waals surface area contributed by atoms with Crippen LogP contribution in [0.2, 0.25) is 0 Å². The van der Waals surface area contributed by atoms with Crippen molar-refractivity contribution < 1.29 is 14.4 Å². The first-order chi connectivity index (χ1) is 6.06. The van der Waals surface area contributed by atoms with E-state index in [9.17, 15) is 4.57 Å². The Labute approximate surface area is 92.0 Å². The second-order valence-corrected chi connectivity index (χ2v) is 4.98. The van der Waals surface area contributed by atoms with Crippen LogP contribution in [0.3, 0.4) is 0 Å². The number of hydrogen-bond acceptors (Lipinski definition) is 2. The maximum Gasteiger partial charge on any atom is 0.326 e. The SMILES string of the molecule is CCCCCCNCCP(=O)(O)O.Cl. The van der Waals surface area contributed by atoms with E-state index in [-0.39, 0.29) is 18.6 Å². The van der Waals surface area contributed by atoms with Gasteiger partial charge in [-0.1, -0.05) is 26.2 Å². The van der Waals surface area contributed by atoms with Gasteiger partial charge in [0, 0.05) is 6.54 Å². The van der Waals surface area contributed by atoms with E-state index in [2.05, 4.69) is 12.2 Å². The summed E-state index contributed by atoms with van der Waals surface area (Å²) in [6, 6.07) is 0. The lowest BCUT2D eigenvalue weighted by atomic mass is 10.2. The van der Waals surface area contributed by atoms with Gasteiger partial charge in [-0.15, -0.1) is 12.4 Å². The van der Waals surface area contributed by atoms with Gasteiger partial charge in [-0.05, 0) is 13.0 Å². The minimum Gasteiger partial charge on any atom is -0.324 e. The van der Waals surface area contributed by atoms with Crippen molar-refractivity contribution in [3.8, 4) is 0 Å². The van der Waals surface area contributed by atoms with E-state index in [1.807, 2.05) is 0 Å². The van der Waals surface area contributed by atoms with Crippen LogP contribution in [0, 0.1) is 0 Å². The van der Waals surface area contributed by atoms with Crippen LogP contribution < -0.4 is 5.32 Å². The molecule has 0 amide bonds. The van der Waals surface area contributed by atoms with Crippen LogP contribution in [0.4, 0.5) is 0 Å². The zero-order valence-electron chi connectivity index (χ0n) is 8.61. The van der Waals surface area contributed by atoms with Crippen LogP contribution in [0.25, 0.3) is 0 Å². The molecule has 0 rings (SSSR count). The Hall–Kier alpha value is 0.400. The summed E-state index contributed by atoms with van der Waals surface area (Å²) in [4.78, 5) is 17.1. The molecule has 0 saturated carbocycles. The lowest BCUT2D eigenvalue weighted by molar-refractivity contribution is 0.371. The molecule has 0 heterocycles. The summed E-state index contributed by atoms with van der Waals surface area (Å²) in [5.74, 6) is 0. The molecule has 14 heavy (non-hydrogen) atoms. The first-order valence-corrected chi connectivity index (χ1v) is 6.61. The van der Waals surface area contributed by atoms with Crippen molar-refractivity contribution in [3.63, 3.8) is 0 Å². The maximum atomic E-state index is 10.4. The maximum absolute atomic E-state index is 10.4. The fourth-order valence-corrected chi connectivity index (χ4v) is 1.48. The molecule has 0 aliphatic heterocycles. The number of rotatable bonds is 8. The molecule has 0 unspecified atom stereocenters. The molecule has 0 spiro atoms. The Morgan fingerprint density at radius 1 is 1.14 bits per heavy atom. The molecule has 6 heteroatoms. The second-order valence-electron chi connectivity index (χ2n) is 3.20. The van der Waals surface area contributed by atoms with E-state index >= 15 is 0 Å². The highest BCUT2D eigenvalue weighted by atomic mass is 35.5. The molecular weight excluding hydrogens is 225 g/mol.